The number of rotatable bonds is 5. The summed E-state index contributed by atoms with van der Waals surface area (Å²) < 4.78 is 10.9. The monoisotopic (exact) mass is 235 g/mol. The molecule has 17 heavy (non-hydrogen) atoms. The van der Waals surface area contributed by atoms with Crippen LogP contribution in [0.25, 0.3) is 0 Å². The Labute approximate surface area is 103 Å². The van der Waals surface area contributed by atoms with Gasteiger partial charge in [-0.1, -0.05) is 6.07 Å². The molecule has 94 valence electrons. The molecule has 1 fully saturated rings. The Morgan fingerprint density at radius 3 is 3.00 bits per heavy atom. The second kappa shape index (κ2) is 6.50. The van der Waals surface area contributed by atoms with Gasteiger partial charge in [0.15, 0.2) is 0 Å². The molecular formula is C14H21NO2. The van der Waals surface area contributed by atoms with Crippen molar-refractivity contribution in [3.63, 3.8) is 0 Å². The Balaban J connectivity index is 1.73. The van der Waals surface area contributed by atoms with Gasteiger partial charge in [-0.25, -0.2) is 0 Å². The van der Waals surface area contributed by atoms with Gasteiger partial charge in [-0.05, 0) is 50.4 Å². The zero-order chi connectivity index (χ0) is 11.9. The summed E-state index contributed by atoms with van der Waals surface area (Å²) in [6.45, 7) is 3.11. The second-order valence-electron chi connectivity index (χ2n) is 4.53. The number of methoxy groups -OCH3 is 1. The summed E-state index contributed by atoms with van der Waals surface area (Å²) in [5.41, 5.74) is 0. The summed E-state index contributed by atoms with van der Waals surface area (Å²) in [6.07, 6.45) is 3.75. The van der Waals surface area contributed by atoms with Gasteiger partial charge in [-0.3, -0.25) is 0 Å². The highest BCUT2D eigenvalue weighted by Crippen LogP contribution is 2.20. The molecule has 3 heteroatoms. The maximum absolute atomic E-state index is 5.74. The Morgan fingerprint density at radius 1 is 1.35 bits per heavy atom. The highest BCUT2D eigenvalue weighted by molar-refractivity contribution is 5.32. The molecule has 1 unspecified atom stereocenters. The van der Waals surface area contributed by atoms with Gasteiger partial charge in [0.2, 0.25) is 0 Å². The molecule has 2 rings (SSSR count). The standard InChI is InChI=1S/C14H21NO2/c1-16-13-5-2-6-14(10-13)17-9-7-12-4-3-8-15-11-12/h2,5-6,10,12,15H,3-4,7-9,11H2,1H3. The van der Waals surface area contributed by atoms with Crippen LogP contribution in [0, 0.1) is 5.92 Å². The topological polar surface area (TPSA) is 30.5 Å². The lowest BCUT2D eigenvalue weighted by atomic mass is 9.97. The molecule has 1 aromatic carbocycles. The first-order chi connectivity index (χ1) is 8.38. The molecule has 1 N–H and O–H groups in total. The van der Waals surface area contributed by atoms with E-state index >= 15 is 0 Å². The van der Waals surface area contributed by atoms with Gasteiger partial charge in [0, 0.05) is 6.07 Å². The molecule has 1 aliphatic heterocycles. The molecule has 0 spiro atoms. The second-order valence-corrected chi connectivity index (χ2v) is 4.53. The van der Waals surface area contributed by atoms with E-state index in [9.17, 15) is 0 Å². The van der Waals surface area contributed by atoms with E-state index in [1.54, 1.807) is 7.11 Å². The Morgan fingerprint density at radius 2 is 2.24 bits per heavy atom. The van der Waals surface area contributed by atoms with Crippen LogP contribution >= 0.6 is 0 Å². The summed E-state index contributed by atoms with van der Waals surface area (Å²) in [6, 6.07) is 7.79. The van der Waals surface area contributed by atoms with Gasteiger partial charge in [-0.15, -0.1) is 0 Å². The minimum atomic E-state index is 0.773. The van der Waals surface area contributed by atoms with Gasteiger partial charge in [0.25, 0.3) is 0 Å². The predicted molar refractivity (Wildman–Crippen MR) is 68.7 cm³/mol. The van der Waals surface area contributed by atoms with Gasteiger partial charge in [-0.2, -0.15) is 0 Å². The number of piperidine rings is 1. The molecular weight excluding hydrogens is 214 g/mol. The van der Waals surface area contributed by atoms with Crippen LogP contribution < -0.4 is 14.8 Å². The molecule has 1 aliphatic rings. The molecule has 0 aromatic heterocycles. The average molecular weight is 235 g/mol. The fraction of sp³-hybridized carbons (Fsp3) is 0.571. The summed E-state index contributed by atoms with van der Waals surface area (Å²) in [4.78, 5) is 0. The lowest BCUT2D eigenvalue weighted by Gasteiger charge is -2.22. The summed E-state index contributed by atoms with van der Waals surface area (Å²) in [5, 5.41) is 3.43. The van der Waals surface area contributed by atoms with E-state index in [-0.39, 0.29) is 0 Å². The minimum Gasteiger partial charge on any atom is -0.497 e. The first-order valence-corrected chi connectivity index (χ1v) is 6.36. The zero-order valence-corrected chi connectivity index (χ0v) is 10.4. The molecule has 1 aromatic rings. The van der Waals surface area contributed by atoms with Crippen LogP contribution in [0.2, 0.25) is 0 Å². The molecule has 1 saturated heterocycles. The van der Waals surface area contributed by atoms with E-state index < -0.39 is 0 Å². The van der Waals surface area contributed by atoms with Crippen molar-refractivity contribution >= 4 is 0 Å². The van der Waals surface area contributed by atoms with Crippen molar-refractivity contribution in [2.75, 3.05) is 26.8 Å². The molecule has 0 amide bonds. The fourth-order valence-electron chi connectivity index (χ4n) is 2.20. The Kier molecular flexibility index (Phi) is 4.68. The van der Waals surface area contributed by atoms with Gasteiger partial charge in [0.05, 0.1) is 13.7 Å². The normalized spacial score (nSPS) is 19.9. The van der Waals surface area contributed by atoms with E-state index in [2.05, 4.69) is 5.32 Å². The average Bonchev–Trinajstić information content (AvgIpc) is 2.40. The molecule has 1 atom stereocenters. The number of nitrogens with one attached hydrogen (secondary N) is 1. The smallest absolute Gasteiger partial charge is 0.122 e. The predicted octanol–water partition coefficient (Wildman–Crippen LogP) is 2.46. The van der Waals surface area contributed by atoms with Crippen molar-refractivity contribution in [3.8, 4) is 11.5 Å². The van der Waals surface area contributed by atoms with Gasteiger partial charge < -0.3 is 14.8 Å². The molecule has 1 heterocycles. The molecule has 0 bridgehead atoms. The third kappa shape index (κ3) is 3.93. The first-order valence-electron chi connectivity index (χ1n) is 6.36. The number of benzene rings is 1. The third-order valence-electron chi connectivity index (χ3n) is 3.23. The van der Waals surface area contributed by atoms with E-state index in [0.29, 0.717) is 0 Å². The van der Waals surface area contributed by atoms with Gasteiger partial charge >= 0.3 is 0 Å². The van der Waals surface area contributed by atoms with Crippen LogP contribution in [0.15, 0.2) is 24.3 Å². The molecule has 0 saturated carbocycles. The summed E-state index contributed by atoms with van der Waals surface area (Å²) in [7, 11) is 1.67. The van der Waals surface area contributed by atoms with Crippen molar-refractivity contribution < 1.29 is 9.47 Å². The summed E-state index contributed by atoms with van der Waals surface area (Å²) >= 11 is 0. The Bertz CT molecular complexity index is 335. The van der Waals surface area contributed by atoms with Crippen LogP contribution in [0.5, 0.6) is 11.5 Å². The van der Waals surface area contributed by atoms with E-state index in [1.807, 2.05) is 24.3 Å². The zero-order valence-electron chi connectivity index (χ0n) is 10.4. The number of ether oxygens (including phenoxy) is 2. The quantitative estimate of drug-likeness (QED) is 0.850. The lowest BCUT2D eigenvalue weighted by Crippen LogP contribution is -2.30. The van der Waals surface area contributed by atoms with Crippen molar-refractivity contribution in [2.45, 2.75) is 19.3 Å². The fourth-order valence-corrected chi connectivity index (χ4v) is 2.20. The third-order valence-corrected chi connectivity index (χ3v) is 3.23. The van der Waals surface area contributed by atoms with Crippen molar-refractivity contribution in [1.82, 2.24) is 5.32 Å². The van der Waals surface area contributed by atoms with Crippen molar-refractivity contribution in [3.05, 3.63) is 24.3 Å². The number of hydrogen-bond acceptors (Lipinski definition) is 3. The van der Waals surface area contributed by atoms with E-state index in [0.717, 1.165) is 37.0 Å². The van der Waals surface area contributed by atoms with Crippen LogP contribution in [0.4, 0.5) is 0 Å². The van der Waals surface area contributed by atoms with Crippen molar-refractivity contribution in [1.29, 1.82) is 0 Å². The van der Waals surface area contributed by atoms with Crippen LogP contribution in [-0.2, 0) is 0 Å². The molecule has 0 aliphatic carbocycles. The highest BCUT2D eigenvalue weighted by Gasteiger charge is 2.12. The molecule has 0 radical (unpaired) electrons. The van der Waals surface area contributed by atoms with Crippen molar-refractivity contribution in [2.24, 2.45) is 5.92 Å². The van der Waals surface area contributed by atoms with Crippen LogP contribution in [0.1, 0.15) is 19.3 Å². The van der Waals surface area contributed by atoms with Crippen LogP contribution in [-0.4, -0.2) is 26.8 Å². The first kappa shape index (κ1) is 12.2. The largest absolute Gasteiger partial charge is 0.497 e. The minimum absolute atomic E-state index is 0.773. The number of hydrogen-bond donors (Lipinski definition) is 1. The van der Waals surface area contributed by atoms with E-state index in [1.165, 1.54) is 19.4 Å². The Hall–Kier alpha value is -1.22. The molecule has 3 nitrogen and oxygen atoms in total. The maximum Gasteiger partial charge on any atom is 0.122 e. The lowest BCUT2D eigenvalue weighted by molar-refractivity contribution is 0.253. The maximum atomic E-state index is 5.74. The highest BCUT2D eigenvalue weighted by atomic mass is 16.5. The van der Waals surface area contributed by atoms with Gasteiger partial charge in [0.1, 0.15) is 11.5 Å². The SMILES string of the molecule is COc1cccc(OCCC2CCCNC2)c1. The van der Waals surface area contributed by atoms with E-state index in [4.69, 9.17) is 9.47 Å². The summed E-state index contributed by atoms with van der Waals surface area (Å²) in [5.74, 6) is 2.52. The van der Waals surface area contributed by atoms with Crippen LogP contribution in [0.3, 0.4) is 0 Å².